The number of rotatable bonds is 3. The van der Waals surface area contributed by atoms with Crippen LogP contribution in [0.25, 0.3) is 0 Å². The number of fused-ring (bicyclic) bond motifs is 3. The zero-order valence-electron chi connectivity index (χ0n) is 18.5. The molecule has 1 saturated carbocycles. The highest BCUT2D eigenvalue weighted by Gasteiger charge is 2.60. The van der Waals surface area contributed by atoms with Gasteiger partial charge >= 0.3 is 0 Å². The van der Waals surface area contributed by atoms with Gasteiger partial charge in [-0.05, 0) is 62.8 Å². The standard InChI is InChI=1S/C24H25Cl2N5O2/c1-13-21(27)31-24(30-13)18-10-16(29-22(32)20-19(26)9-15(25)12-28-20)4-3-14(18)11-23(24)7-5-17(33-2)6-8-23/h3-4,9-10,12,17H,5-8,11H2,1-2H3,(H2,27,31)(H,29,32). The van der Waals surface area contributed by atoms with Crippen LogP contribution in [0.4, 0.5) is 5.69 Å². The van der Waals surface area contributed by atoms with Crippen LogP contribution in [0.2, 0.25) is 10.0 Å². The molecular formula is C24H25Cl2N5O2. The van der Waals surface area contributed by atoms with Gasteiger partial charge in [0.25, 0.3) is 5.91 Å². The Balaban J connectivity index is 1.52. The zero-order chi connectivity index (χ0) is 23.4. The number of aromatic nitrogens is 1. The quantitative estimate of drug-likeness (QED) is 0.653. The molecule has 2 heterocycles. The fourth-order valence-electron chi connectivity index (χ4n) is 5.52. The molecule has 1 unspecified atom stereocenters. The molecule has 3 aliphatic rings. The molecule has 9 heteroatoms. The number of pyridine rings is 1. The van der Waals surface area contributed by atoms with Gasteiger partial charge in [-0.15, -0.1) is 0 Å². The monoisotopic (exact) mass is 485 g/mol. The Morgan fingerprint density at radius 3 is 2.61 bits per heavy atom. The number of methoxy groups -OCH3 is 1. The van der Waals surface area contributed by atoms with Crippen molar-refractivity contribution < 1.29 is 9.53 Å². The van der Waals surface area contributed by atoms with Crippen molar-refractivity contribution >= 4 is 46.3 Å². The van der Waals surface area contributed by atoms with Crippen LogP contribution < -0.4 is 11.1 Å². The predicted octanol–water partition coefficient (Wildman–Crippen LogP) is 4.76. The van der Waals surface area contributed by atoms with E-state index in [1.807, 2.05) is 19.1 Å². The molecule has 2 aliphatic carbocycles. The van der Waals surface area contributed by atoms with E-state index in [0.29, 0.717) is 16.5 Å². The molecule has 1 atom stereocenters. The van der Waals surface area contributed by atoms with Crippen LogP contribution in [-0.2, 0) is 16.8 Å². The Labute approximate surface area is 202 Å². The molecule has 1 aromatic heterocycles. The van der Waals surface area contributed by atoms with Crippen LogP contribution in [0.5, 0.6) is 0 Å². The topological polar surface area (TPSA) is 102 Å². The van der Waals surface area contributed by atoms with E-state index in [9.17, 15) is 4.79 Å². The highest BCUT2D eigenvalue weighted by atomic mass is 35.5. The SMILES string of the molecule is COC1CCC2(CC1)Cc1ccc(NC(=O)c3ncc(Cl)cc3Cl)cc1C21N=C(C)C(N)=N1. The van der Waals surface area contributed by atoms with Gasteiger partial charge in [0.1, 0.15) is 11.5 Å². The number of halogens is 2. The lowest BCUT2D eigenvalue weighted by Crippen LogP contribution is -2.43. The summed E-state index contributed by atoms with van der Waals surface area (Å²) >= 11 is 12.1. The van der Waals surface area contributed by atoms with Crippen LogP contribution in [-0.4, -0.2) is 35.7 Å². The van der Waals surface area contributed by atoms with Gasteiger partial charge in [-0.3, -0.25) is 9.79 Å². The Morgan fingerprint density at radius 2 is 1.97 bits per heavy atom. The Morgan fingerprint density at radius 1 is 1.21 bits per heavy atom. The number of amidine groups is 1. The largest absolute Gasteiger partial charge is 0.382 e. The van der Waals surface area contributed by atoms with E-state index in [1.54, 1.807) is 7.11 Å². The van der Waals surface area contributed by atoms with Gasteiger partial charge in [-0.25, -0.2) is 9.98 Å². The Hall–Kier alpha value is -2.48. The fourth-order valence-corrected chi connectivity index (χ4v) is 5.99. The summed E-state index contributed by atoms with van der Waals surface area (Å²) in [6, 6.07) is 7.41. The highest BCUT2D eigenvalue weighted by molar-refractivity contribution is 6.41. The summed E-state index contributed by atoms with van der Waals surface area (Å²) in [5.41, 5.74) is 8.99. The molecule has 5 rings (SSSR count). The Kier molecular flexibility index (Phi) is 5.46. The molecule has 1 aliphatic heterocycles. The van der Waals surface area contributed by atoms with Crippen molar-refractivity contribution in [1.82, 2.24) is 4.98 Å². The number of ether oxygens (including phenoxy) is 1. The van der Waals surface area contributed by atoms with Gasteiger partial charge in [-0.1, -0.05) is 29.3 Å². The third-order valence-corrected chi connectivity index (χ3v) is 7.73. The van der Waals surface area contributed by atoms with E-state index in [0.717, 1.165) is 43.4 Å². The normalized spacial score (nSPS) is 28.1. The minimum Gasteiger partial charge on any atom is -0.382 e. The van der Waals surface area contributed by atoms with Crippen LogP contribution in [0.1, 0.15) is 54.2 Å². The second-order valence-electron chi connectivity index (χ2n) is 9.07. The summed E-state index contributed by atoms with van der Waals surface area (Å²) in [5, 5.41) is 3.47. The molecule has 1 amide bonds. The summed E-state index contributed by atoms with van der Waals surface area (Å²) in [6.07, 6.45) is 6.33. The number of benzene rings is 1. The van der Waals surface area contributed by atoms with Crippen molar-refractivity contribution in [1.29, 1.82) is 0 Å². The number of aliphatic imine (C=N–C) groups is 2. The minimum absolute atomic E-state index is 0.114. The van der Waals surface area contributed by atoms with Gasteiger partial charge in [0.15, 0.2) is 5.66 Å². The molecule has 7 nitrogen and oxygen atoms in total. The van der Waals surface area contributed by atoms with Crippen molar-refractivity contribution in [3.63, 3.8) is 0 Å². The molecule has 1 aromatic carbocycles. The second-order valence-corrected chi connectivity index (χ2v) is 9.91. The van der Waals surface area contributed by atoms with Crippen LogP contribution in [0, 0.1) is 5.41 Å². The lowest BCUT2D eigenvalue weighted by Gasteiger charge is -2.44. The molecule has 1 fully saturated rings. The first-order valence-corrected chi connectivity index (χ1v) is 11.7. The van der Waals surface area contributed by atoms with Gasteiger partial charge in [-0.2, -0.15) is 0 Å². The first-order chi connectivity index (χ1) is 15.8. The van der Waals surface area contributed by atoms with Crippen molar-refractivity contribution in [3.8, 4) is 0 Å². The summed E-state index contributed by atoms with van der Waals surface area (Å²) in [4.78, 5) is 26.9. The van der Waals surface area contributed by atoms with Crippen LogP contribution in [0.15, 0.2) is 40.4 Å². The van der Waals surface area contributed by atoms with Crippen molar-refractivity contribution in [3.05, 3.63) is 57.3 Å². The van der Waals surface area contributed by atoms with Crippen LogP contribution >= 0.6 is 23.2 Å². The summed E-state index contributed by atoms with van der Waals surface area (Å²) in [7, 11) is 1.77. The lowest BCUT2D eigenvalue weighted by molar-refractivity contribution is -0.000372. The number of hydrogen-bond donors (Lipinski definition) is 2. The van der Waals surface area contributed by atoms with Gasteiger partial charge in [0.05, 0.1) is 21.9 Å². The molecular weight excluding hydrogens is 461 g/mol. The molecule has 3 N–H and O–H groups in total. The van der Waals surface area contributed by atoms with E-state index in [4.69, 9.17) is 43.7 Å². The highest BCUT2D eigenvalue weighted by Crippen LogP contribution is 2.62. The fraction of sp³-hybridized carbons (Fsp3) is 0.417. The van der Waals surface area contributed by atoms with Gasteiger partial charge in [0.2, 0.25) is 0 Å². The number of nitrogens with zero attached hydrogens (tertiary/aromatic N) is 3. The van der Waals surface area contributed by atoms with E-state index >= 15 is 0 Å². The maximum atomic E-state index is 12.8. The molecule has 0 radical (unpaired) electrons. The van der Waals surface area contributed by atoms with E-state index in [2.05, 4.69) is 16.4 Å². The lowest BCUT2D eigenvalue weighted by atomic mass is 9.65. The van der Waals surface area contributed by atoms with Gasteiger partial charge in [0, 0.05) is 30.0 Å². The number of nitrogens with two attached hydrogens (primary N) is 1. The molecule has 2 aromatic rings. The average molecular weight is 486 g/mol. The van der Waals surface area contributed by atoms with Crippen molar-refractivity contribution in [2.24, 2.45) is 21.1 Å². The summed E-state index contributed by atoms with van der Waals surface area (Å²) in [6.45, 7) is 1.90. The van der Waals surface area contributed by atoms with E-state index < -0.39 is 11.6 Å². The van der Waals surface area contributed by atoms with Gasteiger partial charge < -0.3 is 15.8 Å². The number of amides is 1. The third-order valence-electron chi connectivity index (χ3n) is 7.24. The predicted molar refractivity (Wildman–Crippen MR) is 130 cm³/mol. The average Bonchev–Trinajstić information content (AvgIpc) is 3.22. The Bertz CT molecular complexity index is 1180. The van der Waals surface area contributed by atoms with Crippen LogP contribution in [0.3, 0.4) is 0 Å². The van der Waals surface area contributed by atoms with Crippen molar-refractivity contribution in [2.75, 3.05) is 12.4 Å². The number of carbonyl (C=O) groups excluding carboxylic acids is 1. The number of nitrogens with one attached hydrogen (secondary N) is 1. The first kappa shape index (κ1) is 22.3. The summed E-state index contributed by atoms with van der Waals surface area (Å²) < 4.78 is 5.62. The zero-order valence-corrected chi connectivity index (χ0v) is 20.0. The van der Waals surface area contributed by atoms with Crippen molar-refractivity contribution in [2.45, 2.75) is 50.8 Å². The first-order valence-electron chi connectivity index (χ1n) is 11.0. The number of carbonyl (C=O) groups is 1. The van der Waals surface area contributed by atoms with E-state index in [1.165, 1.54) is 17.8 Å². The second kappa shape index (κ2) is 8.08. The number of anilines is 1. The molecule has 33 heavy (non-hydrogen) atoms. The maximum absolute atomic E-state index is 12.8. The molecule has 2 spiro atoms. The minimum atomic E-state index is -0.772. The smallest absolute Gasteiger partial charge is 0.275 e. The summed E-state index contributed by atoms with van der Waals surface area (Å²) in [5.74, 6) is 0.0655. The number of hydrogen-bond acceptors (Lipinski definition) is 6. The maximum Gasteiger partial charge on any atom is 0.275 e. The molecule has 0 bridgehead atoms. The molecule has 0 saturated heterocycles. The van der Waals surface area contributed by atoms with E-state index in [-0.39, 0.29) is 22.2 Å². The third kappa shape index (κ3) is 3.54. The molecule has 172 valence electrons.